The molecule has 1 aromatic rings. The number of para-hydroxylation sites is 1. The molecule has 0 aromatic heterocycles. The molecule has 0 aliphatic rings. The van der Waals surface area contributed by atoms with Gasteiger partial charge in [-0.05, 0) is 26.0 Å². The fourth-order valence-corrected chi connectivity index (χ4v) is 3.15. The smallest absolute Gasteiger partial charge is 0.437 e. The SMILES string of the molecule is CCOP(=O)(OCC)C(Oc1ccccc1)C(F)(F)F. The molecule has 20 heavy (non-hydrogen) atoms. The van der Waals surface area contributed by atoms with Crippen LogP contribution in [0.2, 0.25) is 0 Å². The molecule has 0 amide bonds. The van der Waals surface area contributed by atoms with Crippen molar-refractivity contribution in [2.45, 2.75) is 25.9 Å². The first-order valence-electron chi connectivity index (χ1n) is 6.00. The van der Waals surface area contributed by atoms with Gasteiger partial charge in [0, 0.05) is 0 Å². The van der Waals surface area contributed by atoms with Gasteiger partial charge in [-0.3, -0.25) is 4.57 Å². The van der Waals surface area contributed by atoms with Crippen molar-refractivity contribution in [1.29, 1.82) is 0 Å². The third kappa shape index (κ3) is 4.51. The zero-order chi connectivity index (χ0) is 15.2. The van der Waals surface area contributed by atoms with Crippen LogP contribution in [0.4, 0.5) is 13.2 Å². The Morgan fingerprint density at radius 3 is 2.00 bits per heavy atom. The highest BCUT2D eigenvalue weighted by molar-refractivity contribution is 7.54. The van der Waals surface area contributed by atoms with Crippen molar-refractivity contribution in [3.05, 3.63) is 30.3 Å². The van der Waals surface area contributed by atoms with E-state index in [1.54, 1.807) is 6.07 Å². The van der Waals surface area contributed by atoms with Gasteiger partial charge in [-0.1, -0.05) is 18.2 Å². The molecule has 1 rings (SSSR count). The summed E-state index contributed by atoms with van der Waals surface area (Å²) in [4.78, 5) is 0. The first kappa shape index (κ1) is 17.0. The lowest BCUT2D eigenvalue weighted by Gasteiger charge is -2.28. The second-order valence-electron chi connectivity index (χ2n) is 3.70. The van der Waals surface area contributed by atoms with Gasteiger partial charge in [0.2, 0.25) is 0 Å². The summed E-state index contributed by atoms with van der Waals surface area (Å²) in [5.41, 5.74) is 0. The summed E-state index contributed by atoms with van der Waals surface area (Å²) in [5.74, 6) is -2.72. The minimum Gasteiger partial charge on any atom is -0.468 e. The van der Waals surface area contributed by atoms with E-state index >= 15 is 0 Å². The summed E-state index contributed by atoms with van der Waals surface area (Å²) >= 11 is 0. The van der Waals surface area contributed by atoms with Crippen LogP contribution in [0, 0.1) is 0 Å². The summed E-state index contributed by atoms with van der Waals surface area (Å²) < 4.78 is 65.8. The molecule has 0 aliphatic carbocycles. The van der Waals surface area contributed by atoms with E-state index in [0.29, 0.717) is 0 Å². The molecule has 0 N–H and O–H groups in total. The van der Waals surface area contributed by atoms with Crippen LogP contribution < -0.4 is 4.74 Å². The Kier molecular flexibility index (Phi) is 6.05. The normalized spacial score (nSPS) is 14.1. The maximum atomic E-state index is 13.1. The van der Waals surface area contributed by atoms with Gasteiger partial charge >= 0.3 is 13.8 Å². The molecule has 1 unspecified atom stereocenters. The van der Waals surface area contributed by atoms with Crippen molar-refractivity contribution in [2.24, 2.45) is 0 Å². The van der Waals surface area contributed by atoms with E-state index in [4.69, 9.17) is 13.8 Å². The summed E-state index contributed by atoms with van der Waals surface area (Å²) in [6, 6.07) is 7.31. The van der Waals surface area contributed by atoms with Gasteiger partial charge in [-0.25, -0.2) is 0 Å². The van der Waals surface area contributed by atoms with Crippen molar-refractivity contribution in [3.8, 4) is 5.75 Å². The quantitative estimate of drug-likeness (QED) is 0.707. The van der Waals surface area contributed by atoms with Gasteiger partial charge in [-0.2, -0.15) is 13.2 Å². The Labute approximate surface area is 115 Å². The lowest BCUT2D eigenvalue weighted by atomic mass is 10.3. The van der Waals surface area contributed by atoms with Gasteiger partial charge in [-0.15, -0.1) is 0 Å². The van der Waals surface area contributed by atoms with Crippen LogP contribution >= 0.6 is 7.60 Å². The van der Waals surface area contributed by atoms with Gasteiger partial charge < -0.3 is 13.8 Å². The number of ether oxygens (including phenoxy) is 1. The zero-order valence-electron chi connectivity index (χ0n) is 11.1. The van der Waals surface area contributed by atoms with Crippen LogP contribution in [0.5, 0.6) is 5.75 Å². The van der Waals surface area contributed by atoms with Crippen molar-refractivity contribution in [3.63, 3.8) is 0 Å². The molecule has 1 atom stereocenters. The van der Waals surface area contributed by atoms with Crippen LogP contribution in [-0.4, -0.2) is 25.2 Å². The molecular weight excluding hydrogens is 296 g/mol. The Balaban J connectivity index is 3.08. The van der Waals surface area contributed by atoms with E-state index in [0.717, 1.165) is 0 Å². The molecule has 1 aromatic carbocycles. The number of hydrogen-bond acceptors (Lipinski definition) is 4. The number of benzene rings is 1. The minimum atomic E-state index is -4.88. The predicted octanol–water partition coefficient (Wildman–Crippen LogP) is 4.22. The fourth-order valence-electron chi connectivity index (χ4n) is 1.47. The predicted molar refractivity (Wildman–Crippen MR) is 67.8 cm³/mol. The Hall–Kier alpha value is -1.04. The molecule has 0 heterocycles. The van der Waals surface area contributed by atoms with E-state index in [2.05, 4.69) is 0 Å². The van der Waals surface area contributed by atoms with Crippen molar-refractivity contribution in [1.82, 2.24) is 0 Å². The molecule has 4 nitrogen and oxygen atoms in total. The van der Waals surface area contributed by atoms with Gasteiger partial charge in [0.25, 0.3) is 5.85 Å². The highest BCUT2D eigenvalue weighted by atomic mass is 31.2. The van der Waals surface area contributed by atoms with E-state index in [1.165, 1.54) is 38.1 Å². The lowest BCUT2D eigenvalue weighted by molar-refractivity contribution is -0.175. The highest BCUT2D eigenvalue weighted by Gasteiger charge is 2.56. The Morgan fingerprint density at radius 2 is 1.60 bits per heavy atom. The van der Waals surface area contributed by atoms with Gasteiger partial charge in [0.05, 0.1) is 13.2 Å². The maximum Gasteiger partial charge on any atom is 0.437 e. The fraction of sp³-hybridized carbons (Fsp3) is 0.500. The molecule has 0 spiro atoms. The largest absolute Gasteiger partial charge is 0.468 e. The van der Waals surface area contributed by atoms with Crippen molar-refractivity contribution in [2.75, 3.05) is 13.2 Å². The average molecular weight is 312 g/mol. The molecule has 8 heteroatoms. The monoisotopic (exact) mass is 312 g/mol. The topological polar surface area (TPSA) is 44.8 Å². The molecule has 0 bridgehead atoms. The van der Waals surface area contributed by atoms with Crippen LogP contribution in [0.1, 0.15) is 13.8 Å². The lowest BCUT2D eigenvalue weighted by Crippen LogP contribution is -2.35. The third-order valence-electron chi connectivity index (χ3n) is 2.18. The van der Waals surface area contributed by atoms with Crippen LogP contribution in [0.3, 0.4) is 0 Å². The number of rotatable bonds is 7. The highest BCUT2D eigenvalue weighted by Crippen LogP contribution is 2.58. The second kappa shape index (κ2) is 7.11. The van der Waals surface area contributed by atoms with Crippen molar-refractivity contribution < 1.29 is 31.5 Å². The van der Waals surface area contributed by atoms with Crippen molar-refractivity contribution >= 4 is 7.60 Å². The number of alkyl halides is 3. The second-order valence-corrected chi connectivity index (χ2v) is 5.77. The molecule has 114 valence electrons. The first-order chi connectivity index (χ1) is 9.33. The maximum absolute atomic E-state index is 13.1. The number of hydrogen-bond donors (Lipinski definition) is 0. The van der Waals surface area contributed by atoms with E-state index in [9.17, 15) is 17.7 Å². The van der Waals surface area contributed by atoms with E-state index < -0.39 is 19.6 Å². The standard InChI is InChI=1S/C12H16F3O4P/c1-3-17-20(16,18-4-2)11(12(13,14)15)19-10-8-6-5-7-9-10/h5-9,11H,3-4H2,1-2H3. The molecule has 0 radical (unpaired) electrons. The first-order valence-corrected chi connectivity index (χ1v) is 7.62. The summed E-state index contributed by atoms with van der Waals surface area (Å²) in [6.07, 6.45) is -4.88. The van der Waals surface area contributed by atoms with Crippen LogP contribution in [0.25, 0.3) is 0 Å². The van der Waals surface area contributed by atoms with E-state index in [-0.39, 0.29) is 19.0 Å². The summed E-state index contributed by atoms with van der Waals surface area (Å²) in [5, 5.41) is 0. The third-order valence-corrected chi connectivity index (χ3v) is 4.39. The molecule has 0 fully saturated rings. The average Bonchev–Trinajstić information content (AvgIpc) is 2.36. The minimum absolute atomic E-state index is 0.0607. The molecule has 0 saturated heterocycles. The molecular formula is C12H16F3O4P. The molecule has 0 saturated carbocycles. The van der Waals surface area contributed by atoms with Crippen LogP contribution in [-0.2, 0) is 13.6 Å². The summed E-state index contributed by atoms with van der Waals surface area (Å²) in [6.45, 7) is 2.51. The van der Waals surface area contributed by atoms with Crippen LogP contribution in [0.15, 0.2) is 30.3 Å². The zero-order valence-corrected chi connectivity index (χ0v) is 12.0. The summed E-state index contributed by atoms with van der Waals surface area (Å²) in [7, 11) is -4.46. The Morgan fingerprint density at radius 1 is 1.10 bits per heavy atom. The molecule has 0 aliphatic heterocycles. The van der Waals surface area contributed by atoms with E-state index in [1.807, 2.05) is 0 Å². The van der Waals surface area contributed by atoms with Gasteiger partial charge in [0.1, 0.15) is 5.75 Å². The Bertz CT molecular complexity index is 440. The number of halogens is 3. The van der Waals surface area contributed by atoms with Gasteiger partial charge in [0.15, 0.2) is 0 Å².